The van der Waals surface area contributed by atoms with E-state index in [0.717, 1.165) is 33.4 Å². The Bertz CT molecular complexity index is 1170. The minimum atomic E-state index is 0.478. The van der Waals surface area contributed by atoms with Gasteiger partial charge in [0.05, 0.1) is 0 Å². The van der Waals surface area contributed by atoms with Crippen molar-refractivity contribution < 1.29 is 0 Å². The predicted octanol–water partition coefficient (Wildman–Crippen LogP) is 5.96. The summed E-state index contributed by atoms with van der Waals surface area (Å²) in [5.74, 6) is 1.57. The third kappa shape index (κ3) is 4.16. The molecule has 0 aliphatic rings. The van der Waals surface area contributed by atoms with Crippen LogP contribution in [0, 0.1) is 0 Å². The zero-order valence-corrected chi connectivity index (χ0v) is 17.1. The molecule has 0 amide bonds. The Morgan fingerprint density at radius 1 is 0.613 bits per heavy atom. The van der Waals surface area contributed by atoms with E-state index in [1.165, 1.54) is 0 Å². The zero-order valence-electron chi connectivity index (χ0n) is 17.1. The summed E-state index contributed by atoms with van der Waals surface area (Å²) < 4.78 is 1.76. The van der Waals surface area contributed by atoms with E-state index in [4.69, 9.17) is 15.0 Å². The van der Waals surface area contributed by atoms with Gasteiger partial charge in [0.2, 0.25) is 5.95 Å². The van der Waals surface area contributed by atoms with Crippen LogP contribution in [-0.2, 0) is 0 Å². The lowest BCUT2D eigenvalue weighted by Crippen LogP contribution is -2.05. The Labute approximate surface area is 181 Å². The minimum Gasteiger partial charge on any atom is -0.274 e. The summed E-state index contributed by atoms with van der Waals surface area (Å²) in [6, 6.07) is 12.0. The minimum absolute atomic E-state index is 0.478. The standard InChI is InChI=1S/C26H21N5/c1-5-18-11-19(6-2)14-22(13-18)24-28-25(30-26(29-24)31-10-9-27-17-31)23-15-20(7-3)12-21(8-4)16-23/h5-17H,1-4H2. The molecule has 0 fully saturated rings. The van der Waals surface area contributed by atoms with Gasteiger partial charge in [0, 0.05) is 23.5 Å². The average molecular weight is 403 g/mol. The lowest BCUT2D eigenvalue weighted by atomic mass is 10.0. The van der Waals surface area contributed by atoms with Crippen LogP contribution in [-0.4, -0.2) is 24.5 Å². The highest BCUT2D eigenvalue weighted by molar-refractivity contribution is 5.71. The van der Waals surface area contributed by atoms with Gasteiger partial charge in [-0.05, 0) is 58.7 Å². The Balaban J connectivity index is 1.97. The molecule has 150 valence electrons. The van der Waals surface area contributed by atoms with Crippen molar-refractivity contribution in [1.29, 1.82) is 0 Å². The highest BCUT2D eigenvalue weighted by atomic mass is 15.2. The van der Waals surface area contributed by atoms with Crippen molar-refractivity contribution in [2.75, 3.05) is 0 Å². The van der Waals surface area contributed by atoms with Gasteiger partial charge >= 0.3 is 0 Å². The highest BCUT2D eigenvalue weighted by Crippen LogP contribution is 2.26. The fourth-order valence-electron chi connectivity index (χ4n) is 3.20. The first-order chi connectivity index (χ1) is 15.1. The molecule has 0 unspecified atom stereocenters. The highest BCUT2D eigenvalue weighted by Gasteiger charge is 2.13. The number of imidazole rings is 1. The van der Waals surface area contributed by atoms with E-state index in [2.05, 4.69) is 31.3 Å². The van der Waals surface area contributed by atoms with E-state index in [9.17, 15) is 0 Å². The summed E-state index contributed by atoms with van der Waals surface area (Å²) in [5.41, 5.74) is 5.53. The van der Waals surface area contributed by atoms with Crippen molar-refractivity contribution in [3.63, 3.8) is 0 Å². The summed E-state index contributed by atoms with van der Waals surface area (Å²) in [6.07, 6.45) is 12.3. The molecular formula is C26H21N5. The van der Waals surface area contributed by atoms with E-state index < -0.39 is 0 Å². The summed E-state index contributed by atoms with van der Waals surface area (Å²) in [7, 11) is 0. The maximum absolute atomic E-state index is 4.79. The van der Waals surface area contributed by atoms with Crippen molar-refractivity contribution in [3.05, 3.63) is 104 Å². The predicted molar refractivity (Wildman–Crippen MR) is 128 cm³/mol. The molecule has 5 nitrogen and oxygen atoms in total. The Morgan fingerprint density at radius 3 is 1.42 bits per heavy atom. The smallest absolute Gasteiger partial charge is 0.239 e. The molecule has 4 rings (SSSR count). The van der Waals surface area contributed by atoms with Gasteiger partial charge in [-0.2, -0.15) is 9.97 Å². The van der Waals surface area contributed by atoms with Crippen molar-refractivity contribution in [2.24, 2.45) is 0 Å². The van der Waals surface area contributed by atoms with Crippen LogP contribution in [0.15, 0.2) is 81.4 Å². The van der Waals surface area contributed by atoms with Crippen LogP contribution in [0.1, 0.15) is 22.3 Å². The molecule has 0 bridgehead atoms. The van der Waals surface area contributed by atoms with Crippen molar-refractivity contribution in [1.82, 2.24) is 24.5 Å². The first kappa shape index (κ1) is 19.9. The average Bonchev–Trinajstić information content (AvgIpc) is 3.38. The van der Waals surface area contributed by atoms with Gasteiger partial charge in [-0.25, -0.2) is 9.97 Å². The van der Waals surface area contributed by atoms with Crippen molar-refractivity contribution in [3.8, 4) is 28.7 Å². The summed E-state index contributed by atoms with van der Waals surface area (Å²) >= 11 is 0. The van der Waals surface area contributed by atoms with E-state index >= 15 is 0 Å². The maximum atomic E-state index is 4.79. The Kier molecular flexibility index (Phi) is 5.49. The van der Waals surface area contributed by atoms with E-state index in [1.54, 1.807) is 47.6 Å². The zero-order chi connectivity index (χ0) is 21.8. The van der Waals surface area contributed by atoms with Crippen LogP contribution in [0.4, 0.5) is 0 Å². The first-order valence-electron chi connectivity index (χ1n) is 9.68. The van der Waals surface area contributed by atoms with Crippen molar-refractivity contribution >= 4 is 24.3 Å². The Hall–Kier alpha value is -4.38. The fourth-order valence-corrected chi connectivity index (χ4v) is 3.20. The lowest BCUT2D eigenvalue weighted by Gasteiger charge is -2.10. The number of hydrogen-bond acceptors (Lipinski definition) is 4. The van der Waals surface area contributed by atoms with Crippen LogP contribution < -0.4 is 0 Å². The van der Waals surface area contributed by atoms with Gasteiger partial charge in [-0.3, -0.25) is 4.57 Å². The van der Waals surface area contributed by atoms with Gasteiger partial charge in [0.15, 0.2) is 11.6 Å². The van der Waals surface area contributed by atoms with Gasteiger partial charge in [0.1, 0.15) is 6.33 Å². The molecule has 5 heteroatoms. The molecule has 0 atom stereocenters. The summed E-state index contributed by atoms with van der Waals surface area (Å²) in [5, 5.41) is 0. The number of rotatable bonds is 7. The van der Waals surface area contributed by atoms with E-state index in [0.29, 0.717) is 17.6 Å². The Morgan fingerprint density at radius 2 is 1.06 bits per heavy atom. The molecule has 0 N–H and O–H groups in total. The quantitative estimate of drug-likeness (QED) is 0.382. The second-order valence-electron chi connectivity index (χ2n) is 6.85. The van der Waals surface area contributed by atoms with Crippen LogP contribution in [0.25, 0.3) is 53.0 Å². The second kappa shape index (κ2) is 8.55. The molecule has 2 aromatic carbocycles. The molecule has 0 radical (unpaired) electrons. The van der Waals surface area contributed by atoms with Crippen LogP contribution in [0.5, 0.6) is 0 Å². The third-order valence-corrected chi connectivity index (χ3v) is 4.77. The number of aromatic nitrogens is 5. The SMILES string of the molecule is C=Cc1cc(C=C)cc(-c2nc(-c3cc(C=C)cc(C=C)c3)nc(-n3ccnc3)n2)c1. The molecule has 0 saturated heterocycles. The molecule has 0 spiro atoms. The molecule has 2 aromatic heterocycles. The maximum Gasteiger partial charge on any atom is 0.239 e. The van der Waals surface area contributed by atoms with Crippen LogP contribution in [0.3, 0.4) is 0 Å². The van der Waals surface area contributed by atoms with Crippen molar-refractivity contribution in [2.45, 2.75) is 0 Å². The molecular weight excluding hydrogens is 382 g/mol. The number of benzene rings is 2. The number of nitrogens with zero attached hydrogens (tertiary/aromatic N) is 5. The monoisotopic (exact) mass is 403 g/mol. The van der Waals surface area contributed by atoms with Gasteiger partial charge in [0.25, 0.3) is 0 Å². The van der Waals surface area contributed by atoms with Crippen LogP contribution >= 0.6 is 0 Å². The third-order valence-electron chi connectivity index (χ3n) is 4.77. The normalized spacial score (nSPS) is 10.5. The van der Waals surface area contributed by atoms with E-state index in [1.807, 2.05) is 36.4 Å². The fraction of sp³-hybridized carbons (Fsp3) is 0. The lowest BCUT2D eigenvalue weighted by molar-refractivity contribution is 0.904. The molecule has 0 aliphatic carbocycles. The molecule has 0 aliphatic heterocycles. The summed E-state index contributed by atoms with van der Waals surface area (Å²) in [6.45, 7) is 15.5. The van der Waals surface area contributed by atoms with Crippen LogP contribution in [0.2, 0.25) is 0 Å². The first-order valence-corrected chi connectivity index (χ1v) is 9.68. The molecule has 4 aromatic rings. The van der Waals surface area contributed by atoms with E-state index in [-0.39, 0.29) is 0 Å². The topological polar surface area (TPSA) is 56.5 Å². The molecule has 31 heavy (non-hydrogen) atoms. The summed E-state index contributed by atoms with van der Waals surface area (Å²) in [4.78, 5) is 18.3. The largest absolute Gasteiger partial charge is 0.274 e. The molecule has 2 heterocycles. The van der Waals surface area contributed by atoms with Gasteiger partial charge in [-0.15, -0.1) is 0 Å². The number of hydrogen-bond donors (Lipinski definition) is 0. The second-order valence-corrected chi connectivity index (χ2v) is 6.85. The van der Waals surface area contributed by atoms with Gasteiger partial charge in [-0.1, -0.05) is 50.6 Å². The van der Waals surface area contributed by atoms with Gasteiger partial charge < -0.3 is 0 Å². The molecule has 0 saturated carbocycles.